The smallest absolute Gasteiger partial charge is 0.0968 e. The molecule has 1 N–H and O–H groups in total. The molecule has 0 bridgehead atoms. The summed E-state index contributed by atoms with van der Waals surface area (Å²) in [6, 6.07) is 10.5. The van der Waals surface area contributed by atoms with Crippen LogP contribution in [0.1, 0.15) is 42.5 Å². The number of benzene rings is 1. The highest BCUT2D eigenvalue weighted by atomic mass is 35.5. The van der Waals surface area contributed by atoms with E-state index < -0.39 is 0 Å². The van der Waals surface area contributed by atoms with Crippen molar-refractivity contribution in [2.45, 2.75) is 38.6 Å². The van der Waals surface area contributed by atoms with Crippen molar-refractivity contribution >= 4 is 17.4 Å². The number of hydrogen-bond acceptors (Lipinski definition) is 3. The van der Waals surface area contributed by atoms with E-state index in [0.717, 1.165) is 43.1 Å². The van der Waals surface area contributed by atoms with Crippen molar-refractivity contribution < 1.29 is 0 Å². The lowest BCUT2D eigenvalue weighted by molar-refractivity contribution is 0.637. The molecule has 1 aromatic carbocycles. The Morgan fingerprint density at radius 3 is 2.83 bits per heavy atom. The van der Waals surface area contributed by atoms with Crippen LogP contribution in [0.25, 0.3) is 0 Å². The van der Waals surface area contributed by atoms with Crippen molar-refractivity contribution in [3.05, 3.63) is 64.4 Å². The van der Waals surface area contributed by atoms with Gasteiger partial charge in [-0.15, -0.1) is 0 Å². The molecule has 1 aromatic heterocycles. The van der Waals surface area contributed by atoms with Gasteiger partial charge in [0.1, 0.15) is 0 Å². The summed E-state index contributed by atoms with van der Waals surface area (Å²) in [5.74, 6) is 1.11. The first-order chi connectivity index (χ1) is 11.2. The van der Waals surface area contributed by atoms with Crippen LogP contribution in [0.3, 0.4) is 0 Å². The topological polar surface area (TPSA) is 37.3 Å². The van der Waals surface area contributed by atoms with Gasteiger partial charge in [-0.2, -0.15) is 0 Å². The number of nitrogens with zero attached hydrogens (tertiary/aromatic N) is 2. The molecule has 0 saturated heterocycles. The van der Waals surface area contributed by atoms with E-state index in [0.29, 0.717) is 0 Å². The van der Waals surface area contributed by atoms with Crippen LogP contribution in [0.15, 0.2) is 47.7 Å². The van der Waals surface area contributed by atoms with E-state index in [9.17, 15) is 0 Å². The largest absolute Gasteiger partial charge is 0.367 e. The Hall–Kier alpha value is -1.87. The maximum absolute atomic E-state index is 6.19. The second-order valence-electron chi connectivity index (χ2n) is 5.94. The Morgan fingerprint density at radius 2 is 2.09 bits per heavy atom. The predicted molar refractivity (Wildman–Crippen MR) is 96.2 cm³/mol. The van der Waals surface area contributed by atoms with Crippen LogP contribution in [0, 0.1) is 0 Å². The Bertz CT molecular complexity index is 697. The minimum Gasteiger partial charge on any atom is -0.367 e. The van der Waals surface area contributed by atoms with Crippen LogP contribution in [0.4, 0.5) is 0 Å². The lowest BCUT2D eigenvalue weighted by atomic mass is 9.98. The maximum atomic E-state index is 6.19. The number of halogens is 1. The van der Waals surface area contributed by atoms with Crippen LogP contribution < -0.4 is 5.32 Å². The van der Waals surface area contributed by atoms with Gasteiger partial charge in [-0.1, -0.05) is 36.7 Å². The van der Waals surface area contributed by atoms with Crippen molar-refractivity contribution in [1.82, 2.24) is 10.3 Å². The van der Waals surface area contributed by atoms with E-state index in [1.54, 1.807) is 0 Å². The first-order valence-electron chi connectivity index (χ1n) is 8.22. The second kappa shape index (κ2) is 7.60. The van der Waals surface area contributed by atoms with Crippen LogP contribution in [0.5, 0.6) is 0 Å². The molecule has 1 aliphatic rings. The first kappa shape index (κ1) is 16.0. The first-order valence-corrected chi connectivity index (χ1v) is 8.60. The third-order valence-corrected chi connectivity index (χ3v) is 4.40. The van der Waals surface area contributed by atoms with Gasteiger partial charge in [0, 0.05) is 30.4 Å². The van der Waals surface area contributed by atoms with Crippen molar-refractivity contribution in [1.29, 1.82) is 0 Å². The summed E-state index contributed by atoms with van der Waals surface area (Å²) in [7, 11) is 0. The minimum atomic E-state index is 0.166. The SMILES string of the molecule is CCc1cncc(CC(NC2=NCCC2)c2cccc(Cl)c2)c1. The molecule has 0 aliphatic carbocycles. The van der Waals surface area contributed by atoms with Crippen molar-refractivity contribution in [3.63, 3.8) is 0 Å². The normalized spacial score (nSPS) is 15.3. The number of pyridine rings is 1. The summed E-state index contributed by atoms with van der Waals surface area (Å²) in [6.45, 7) is 3.08. The predicted octanol–water partition coefficient (Wildman–Crippen LogP) is 4.36. The van der Waals surface area contributed by atoms with E-state index in [-0.39, 0.29) is 6.04 Å². The van der Waals surface area contributed by atoms with Gasteiger partial charge in [-0.3, -0.25) is 9.98 Å². The summed E-state index contributed by atoms with van der Waals surface area (Å²) in [5, 5.41) is 4.38. The van der Waals surface area contributed by atoms with Crippen molar-refractivity contribution in [2.24, 2.45) is 4.99 Å². The molecule has 0 spiro atoms. The number of aryl methyl sites for hydroxylation is 1. The fourth-order valence-corrected chi connectivity index (χ4v) is 3.11. The third-order valence-electron chi connectivity index (χ3n) is 4.17. The Kier molecular flexibility index (Phi) is 5.29. The van der Waals surface area contributed by atoms with E-state index in [1.807, 2.05) is 30.6 Å². The van der Waals surface area contributed by atoms with Crippen LogP contribution in [-0.2, 0) is 12.8 Å². The van der Waals surface area contributed by atoms with Gasteiger partial charge in [0.15, 0.2) is 0 Å². The van der Waals surface area contributed by atoms with Gasteiger partial charge in [0.05, 0.1) is 11.9 Å². The third kappa shape index (κ3) is 4.32. The Labute approximate surface area is 142 Å². The molecule has 3 rings (SSSR count). The van der Waals surface area contributed by atoms with E-state index >= 15 is 0 Å². The lowest BCUT2D eigenvalue weighted by Gasteiger charge is -2.21. The molecule has 23 heavy (non-hydrogen) atoms. The summed E-state index contributed by atoms with van der Waals surface area (Å²) in [5.41, 5.74) is 3.69. The molecular formula is C19H22ClN3. The van der Waals surface area contributed by atoms with Gasteiger partial charge >= 0.3 is 0 Å². The maximum Gasteiger partial charge on any atom is 0.0968 e. The number of aliphatic imine (C=N–C) groups is 1. The monoisotopic (exact) mass is 327 g/mol. The number of hydrogen-bond donors (Lipinski definition) is 1. The molecule has 2 heterocycles. The van der Waals surface area contributed by atoms with Gasteiger partial charge in [-0.05, 0) is 48.1 Å². The number of rotatable bonds is 5. The summed E-state index contributed by atoms with van der Waals surface area (Å²) >= 11 is 6.19. The molecule has 0 fully saturated rings. The van der Waals surface area contributed by atoms with E-state index in [1.165, 1.54) is 16.7 Å². The Morgan fingerprint density at radius 1 is 1.22 bits per heavy atom. The number of amidine groups is 1. The van der Waals surface area contributed by atoms with E-state index in [2.05, 4.69) is 34.3 Å². The molecule has 1 atom stereocenters. The minimum absolute atomic E-state index is 0.166. The molecule has 4 heteroatoms. The molecule has 0 saturated carbocycles. The van der Waals surface area contributed by atoms with Crippen molar-refractivity contribution in [2.75, 3.05) is 6.54 Å². The molecule has 120 valence electrons. The van der Waals surface area contributed by atoms with E-state index in [4.69, 9.17) is 11.6 Å². The van der Waals surface area contributed by atoms with Gasteiger partial charge in [0.25, 0.3) is 0 Å². The zero-order valence-electron chi connectivity index (χ0n) is 13.4. The summed E-state index contributed by atoms with van der Waals surface area (Å²) in [4.78, 5) is 8.92. The standard InChI is InChI=1S/C19H22ClN3/c1-2-14-9-15(13-21-12-14)10-18(23-19-7-4-8-22-19)16-5-3-6-17(20)11-16/h3,5-6,9,11-13,18H,2,4,7-8,10H2,1H3,(H,22,23). The number of aromatic nitrogens is 1. The van der Waals surface area contributed by atoms with Crippen LogP contribution in [-0.4, -0.2) is 17.4 Å². The molecule has 0 radical (unpaired) electrons. The molecule has 1 aliphatic heterocycles. The zero-order valence-corrected chi connectivity index (χ0v) is 14.2. The molecule has 3 nitrogen and oxygen atoms in total. The fourth-order valence-electron chi connectivity index (χ4n) is 2.92. The highest BCUT2D eigenvalue weighted by molar-refractivity contribution is 6.30. The molecule has 2 aromatic rings. The molecule has 0 amide bonds. The Balaban J connectivity index is 1.84. The average molecular weight is 328 g/mol. The molecule has 1 unspecified atom stereocenters. The number of nitrogens with one attached hydrogen (secondary N) is 1. The fraction of sp³-hybridized carbons (Fsp3) is 0.368. The summed E-state index contributed by atoms with van der Waals surface area (Å²) in [6.07, 6.45) is 7.94. The van der Waals surface area contributed by atoms with Crippen molar-refractivity contribution in [3.8, 4) is 0 Å². The average Bonchev–Trinajstić information content (AvgIpc) is 3.07. The van der Waals surface area contributed by atoms with Crippen LogP contribution in [0.2, 0.25) is 5.02 Å². The van der Waals surface area contributed by atoms with Crippen LogP contribution >= 0.6 is 11.6 Å². The quantitative estimate of drug-likeness (QED) is 0.885. The highest BCUT2D eigenvalue weighted by Gasteiger charge is 2.17. The van der Waals surface area contributed by atoms with Gasteiger partial charge < -0.3 is 5.32 Å². The summed E-state index contributed by atoms with van der Waals surface area (Å²) < 4.78 is 0. The van der Waals surface area contributed by atoms with Gasteiger partial charge in [0.2, 0.25) is 0 Å². The lowest BCUT2D eigenvalue weighted by Crippen LogP contribution is -2.28. The van der Waals surface area contributed by atoms with Gasteiger partial charge in [-0.25, -0.2) is 0 Å². The zero-order chi connectivity index (χ0) is 16.1. The highest BCUT2D eigenvalue weighted by Crippen LogP contribution is 2.23. The molecular weight excluding hydrogens is 306 g/mol. The second-order valence-corrected chi connectivity index (χ2v) is 6.38.